The Labute approximate surface area is 95.4 Å². The fourth-order valence-corrected chi connectivity index (χ4v) is 0. The normalized spacial score (nSPS) is 11.1. The number of quaternary nitrogens is 2. The summed E-state index contributed by atoms with van der Waals surface area (Å²) < 4.78 is 2.00. The van der Waals surface area contributed by atoms with Crippen molar-refractivity contribution in [2.45, 2.75) is 0 Å². The first-order chi connectivity index (χ1) is 5.73. The van der Waals surface area contributed by atoms with E-state index in [1.54, 1.807) is 0 Å². The number of hydrogen-bond donors (Lipinski definition) is 0. The molecule has 0 fully saturated rings. The van der Waals surface area contributed by atoms with Crippen LogP contribution in [0.15, 0.2) is 0 Å². The van der Waals surface area contributed by atoms with Gasteiger partial charge < -0.3 is 8.97 Å². The summed E-state index contributed by atoms with van der Waals surface area (Å²) in [6, 6.07) is 0. The Kier molecular flexibility index (Phi) is 12.1. The largest absolute Gasteiger partial charge is 0.333 e. The van der Waals surface area contributed by atoms with E-state index < -0.39 is 0 Å². The number of nitrogens with zero attached hydrogens (tertiary/aromatic N) is 2. The van der Waals surface area contributed by atoms with E-state index in [-0.39, 0.29) is 0 Å². The van der Waals surface area contributed by atoms with E-state index in [4.69, 9.17) is 0 Å². The van der Waals surface area contributed by atoms with Crippen LogP contribution < -0.4 is 0 Å². The number of rotatable bonds is 0. The molecule has 0 bridgehead atoms. The maximum Gasteiger partial charge on any atom is 0.0969 e. The Hall–Kier alpha value is 0.270. The SMILES string of the molecule is C[N+](C)(C)C.C[N+](C)(C)C.C[S+](C)C. The average Bonchev–Trinajstić information content (AvgIpc) is 1.45. The standard InChI is InChI=1S/2C4H12N.C3H9S/c2*1-5(2,3)4;1-4(2)3/h2*1-4H3;1-3H3/q3*+1. The summed E-state index contributed by atoms with van der Waals surface area (Å²) in [5.74, 6) is 0. The quantitative estimate of drug-likeness (QED) is 0.428. The fourth-order valence-electron chi connectivity index (χ4n) is 0. The molecular formula is C11H33N2S+3. The maximum atomic E-state index is 2.19. The van der Waals surface area contributed by atoms with Gasteiger partial charge in [-0.15, -0.1) is 0 Å². The minimum atomic E-state index is 0.639. The molecule has 90 valence electrons. The molecule has 0 rings (SSSR count). The predicted molar refractivity (Wildman–Crippen MR) is 73.0 cm³/mol. The molecule has 0 aromatic heterocycles. The molecule has 3 heteroatoms. The van der Waals surface area contributed by atoms with Crippen LogP contribution in [0.25, 0.3) is 0 Å². The van der Waals surface area contributed by atoms with E-state index in [0.717, 1.165) is 8.97 Å². The first-order valence-electron chi connectivity index (χ1n) is 4.80. The van der Waals surface area contributed by atoms with Crippen molar-refractivity contribution in [2.75, 3.05) is 75.1 Å². The Morgan fingerprint density at radius 3 is 0.500 bits per heavy atom. The molecule has 0 saturated heterocycles. The van der Waals surface area contributed by atoms with Gasteiger partial charge in [-0.25, -0.2) is 0 Å². The highest BCUT2D eigenvalue weighted by atomic mass is 32.2. The van der Waals surface area contributed by atoms with Gasteiger partial charge in [0.15, 0.2) is 0 Å². The highest BCUT2D eigenvalue weighted by Crippen LogP contribution is 1.74. The van der Waals surface area contributed by atoms with Crippen LogP contribution >= 0.6 is 0 Å². The molecule has 14 heavy (non-hydrogen) atoms. The Bertz CT molecular complexity index is 82.7. The van der Waals surface area contributed by atoms with Gasteiger partial charge in [-0.1, -0.05) is 0 Å². The van der Waals surface area contributed by atoms with Gasteiger partial charge in [0.05, 0.1) is 75.1 Å². The molecule has 0 N–H and O–H groups in total. The van der Waals surface area contributed by atoms with Crippen molar-refractivity contribution >= 4 is 10.9 Å². The minimum Gasteiger partial charge on any atom is -0.333 e. The van der Waals surface area contributed by atoms with Gasteiger partial charge in [0, 0.05) is 0 Å². The Balaban J connectivity index is -0.000000131. The molecule has 0 saturated carbocycles. The van der Waals surface area contributed by atoms with Gasteiger partial charge in [0.2, 0.25) is 0 Å². The van der Waals surface area contributed by atoms with Crippen molar-refractivity contribution < 1.29 is 8.97 Å². The lowest BCUT2D eigenvalue weighted by Gasteiger charge is -2.14. The van der Waals surface area contributed by atoms with Gasteiger partial charge in [-0.3, -0.25) is 0 Å². The number of hydrogen-bond acceptors (Lipinski definition) is 0. The van der Waals surface area contributed by atoms with Crippen molar-refractivity contribution in [3.63, 3.8) is 0 Å². The van der Waals surface area contributed by atoms with Crippen LogP contribution in [0.1, 0.15) is 0 Å². The van der Waals surface area contributed by atoms with Crippen molar-refractivity contribution in [2.24, 2.45) is 0 Å². The van der Waals surface area contributed by atoms with Gasteiger partial charge in [0.1, 0.15) is 0 Å². The third-order valence-corrected chi connectivity index (χ3v) is 0. The van der Waals surface area contributed by atoms with Crippen LogP contribution in [-0.2, 0) is 10.9 Å². The average molecular weight is 225 g/mol. The topological polar surface area (TPSA) is 0 Å². The van der Waals surface area contributed by atoms with Gasteiger partial charge in [-0.05, 0) is 10.9 Å². The van der Waals surface area contributed by atoms with Crippen LogP contribution in [0.4, 0.5) is 0 Å². The molecule has 0 heterocycles. The molecule has 2 nitrogen and oxygen atoms in total. The van der Waals surface area contributed by atoms with Crippen molar-refractivity contribution in [1.82, 2.24) is 0 Å². The monoisotopic (exact) mass is 225 g/mol. The molecule has 0 aliphatic heterocycles. The lowest BCUT2D eigenvalue weighted by molar-refractivity contribution is -0.849. The van der Waals surface area contributed by atoms with Crippen LogP contribution in [-0.4, -0.2) is 84.1 Å². The molecule has 0 aliphatic carbocycles. The summed E-state index contributed by atoms with van der Waals surface area (Å²) in [4.78, 5) is 0. The first kappa shape index (κ1) is 19.8. The smallest absolute Gasteiger partial charge is 0.0969 e. The van der Waals surface area contributed by atoms with Crippen molar-refractivity contribution in [3.8, 4) is 0 Å². The lowest BCUT2D eigenvalue weighted by Crippen LogP contribution is -2.27. The summed E-state index contributed by atoms with van der Waals surface area (Å²) in [6.07, 6.45) is 6.58. The molecular weight excluding hydrogens is 192 g/mol. The van der Waals surface area contributed by atoms with Crippen molar-refractivity contribution in [1.29, 1.82) is 0 Å². The van der Waals surface area contributed by atoms with E-state index in [1.807, 2.05) is 0 Å². The zero-order chi connectivity index (χ0) is 12.6. The minimum absolute atomic E-state index is 0.639. The van der Waals surface area contributed by atoms with Crippen LogP contribution in [0, 0.1) is 0 Å². The molecule has 0 amide bonds. The molecule has 0 unspecified atom stereocenters. The third kappa shape index (κ3) is 21400. The second-order valence-electron chi connectivity index (χ2n) is 6.59. The summed E-state index contributed by atoms with van der Waals surface area (Å²) in [5, 5.41) is 0. The second kappa shape index (κ2) is 8.57. The van der Waals surface area contributed by atoms with E-state index in [1.165, 1.54) is 0 Å². The maximum absolute atomic E-state index is 2.19. The Morgan fingerprint density at radius 1 is 0.500 bits per heavy atom. The second-order valence-corrected chi connectivity index (χ2v) is 9.04. The summed E-state index contributed by atoms with van der Waals surface area (Å²) in [5.41, 5.74) is 0. The summed E-state index contributed by atoms with van der Waals surface area (Å²) >= 11 is 0. The van der Waals surface area contributed by atoms with E-state index in [2.05, 4.69) is 75.1 Å². The van der Waals surface area contributed by atoms with Crippen LogP contribution in [0.5, 0.6) is 0 Å². The third-order valence-electron chi connectivity index (χ3n) is 0. The Morgan fingerprint density at radius 2 is 0.500 bits per heavy atom. The van der Waals surface area contributed by atoms with Gasteiger partial charge in [-0.2, -0.15) is 0 Å². The van der Waals surface area contributed by atoms with Crippen LogP contribution in [0.3, 0.4) is 0 Å². The predicted octanol–water partition coefficient (Wildman–Crippen LogP) is 1.14. The van der Waals surface area contributed by atoms with Gasteiger partial charge >= 0.3 is 0 Å². The zero-order valence-corrected chi connectivity index (χ0v) is 13.1. The highest BCUT2D eigenvalue weighted by Gasteiger charge is 1.88. The molecule has 0 radical (unpaired) electrons. The molecule has 0 spiro atoms. The molecule has 0 aromatic rings. The molecule has 0 aliphatic rings. The fraction of sp³-hybridized carbons (Fsp3) is 1.00. The zero-order valence-electron chi connectivity index (χ0n) is 12.3. The van der Waals surface area contributed by atoms with E-state index in [0.29, 0.717) is 10.9 Å². The first-order valence-corrected chi connectivity index (χ1v) is 7.25. The molecule has 0 atom stereocenters. The van der Waals surface area contributed by atoms with Gasteiger partial charge in [0.25, 0.3) is 0 Å². The van der Waals surface area contributed by atoms with E-state index in [9.17, 15) is 0 Å². The van der Waals surface area contributed by atoms with E-state index >= 15 is 0 Å². The van der Waals surface area contributed by atoms with Crippen molar-refractivity contribution in [3.05, 3.63) is 0 Å². The summed E-state index contributed by atoms with van der Waals surface area (Å²) in [7, 11) is 17.6. The lowest BCUT2D eigenvalue weighted by atomic mass is 10.8. The highest BCUT2D eigenvalue weighted by molar-refractivity contribution is 7.94. The van der Waals surface area contributed by atoms with Crippen LogP contribution in [0.2, 0.25) is 0 Å². The molecule has 0 aromatic carbocycles. The summed E-state index contributed by atoms with van der Waals surface area (Å²) in [6.45, 7) is 0.